The van der Waals surface area contributed by atoms with Crippen molar-refractivity contribution in [2.75, 3.05) is 19.8 Å². The van der Waals surface area contributed by atoms with Crippen molar-refractivity contribution in [3.8, 4) is 11.5 Å². The molecule has 2 rings (SSSR count). The molecule has 0 unspecified atom stereocenters. The first-order chi connectivity index (χ1) is 14.0. The minimum absolute atomic E-state index is 0.124. The van der Waals surface area contributed by atoms with Crippen molar-refractivity contribution in [1.29, 1.82) is 0 Å². The van der Waals surface area contributed by atoms with Gasteiger partial charge in [0.15, 0.2) is 18.1 Å². The lowest BCUT2D eigenvalue weighted by Gasteiger charge is -2.12. The fourth-order valence-corrected chi connectivity index (χ4v) is 2.24. The quantitative estimate of drug-likeness (QED) is 0.585. The van der Waals surface area contributed by atoms with Gasteiger partial charge in [0.25, 0.3) is 5.91 Å². The molecule has 2 N–H and O–H groups in total. The number of benzene rings is 1. The molecule has 0 radical (unpaired) electrons. The van der Waals surface area contributed by atoms with Gasteiger partial charge < -0.3 is 23.9 Å². The molecule has 0 fully saturated rings. The lowest BCUT2D eigenvalue weighted by atomic mass is 10.2. The number of urea groups is 1. The Hall–Kier alpha value is -3.49. The van der Waals surface area contributed by atoms with E-state index in [0.717, 1.165) is 6.42 Å². The van der Waals surface area contributed by atoms with E-state index in [2.05, 4.69) is 10.6 Å². The molecule has 1 heterocycles. The van der Waals surface area contributed by atoms with Crippen LogP contribution in [-0.2, 0) is 16.1 Å². The van der Waals surface area contributed by atoms with Gasteiger partial charge in [-0.3, -0.25) is 10.1 Å². The van der Waals surface area contributed by atoms with Crippen LogP contribution in [-0.4, -0.2) is 37.7 Å². The predicted octanol–water partition coefficient (Wildman–Crippen LogP) is 2.65. The third-order valence-electron chi connectivity index (χ3n) is 3.53. The number of esters is 1. The van der Waals surface area contributed by atoms with Crippen LogP contribution in [0.4, 0.5) is 4.79 Å². The van der Waals surface area contributed by atoms with Crippen molar-refractivity contribution in [3.05, 3.63) is 47.9 Å². The highest BCUT2D eigenvalue weighted by Crippen LogP contribution is 2.29. The number of carbonyl (C=O) groups is 3. The van der Waals surface area contributed by atoms with Crippen molar-refractivity contribution in [2.24, 2.45) is 0 Å². The molecule has 0 bridgehead atoms. The normalized spacial score (nSPS) is 10.1. The number of imide groups is 1. The van der Waals surface area contributed by atoms with Gasteiger partial charge >= 0.3 is 12.0 Å². The van der Waals surface area contributed by atoms with E-state index in [1.54, 1.807) is 18.2 Å². The molecule has 9 heteroatoms. The second-order valence-electron chi connectivity index (χ2n) is 5.83. The molecule has 0 saturated carbocycles. The second-order valence-corrected chi connectivity index (χ2v) is 5.83. The van der Waals surface area contributed by atoms with Gasteiger partial charge in [0.1, 0.15) is 5.76 Å². The highest BCUT2D eigenvalue weighted by Gasteiger charge is 2.15. The van der Waals surface area contributed by atoms with E-state index in [9.17, 15) is 14.4 Å². The molecule has 0 saturated heterocycles. The van der Waals surface area contributed by atoms with E-state index in [0.29, 0.717) is 30.5 Å². The van der Waals surface area contributed by atoms with Crippen LogP contribution in [0.5, 0.6) is 11.5 Å². The van der Waals surface area contributed by atoms with Gasteiger partial charge in [0.05, 0.1) is 31.6 Å². The molecule has 1 aromatic heterocycles. The van der Waals surface area contributed by atoms with Gasteiger partial charge in [0.2, 0.25) is 0 Å². The smallest absolute Gasteiger partial charge is 0.338 e. The van der Waals surface area contributed by atoms with Gasteiger partial charge in [0, 0.05) is 0 Å². The largest absolute Gasteiger partial charge is 0.490 e. The van der Waals surface area contributed by atoms with Gasteiger partial charge in [-0.1, -0.05) is 6.92 Å². The van der Waals surface area contributed by atoms with Crippen molar-refractivity contribution in [1.82, 2.24) is 10.6 Å². The number of nitrogens with one attached hydrogen (secondary N) is 2. The number of amides is 3. The standard InChI is InChI=1S/C20H24N2O7/c1-3-9-28-16-8-7-14(11-17(16)26-4-2)19(24)29-13-18(23)22-20(25)21-12-15-6-5-10-27-15/h5-8,10-11H,3-4,9,12-13H2,1-2H3,(H2,21,22,23,25). The summed E-state index contributed by atoms with van der Waals surface area (Å²) in [5, 5.41) is 4.50. The first-order valence-corrected chi connectivity index (χ1v) is 9.20. The van der Waals surface area contributed by atoms with Crippen molar-refractivity contribution in [2.45, 2.75) is 26.8 Å². The maximum absolute atomic E-state index is 12.2. The first-order valence-electron chi connectivity index (χ1n) is 9.20. The molecule has 0 aliphatic heterocycles. The second kappa shape index (κ2) is 11.4. The number of hydrogen-bond acceptors (Lipinski definition) is 7. The average Bonchev–Trinajstić information content (AvgIpc) is 3.23. The maximum atomic E-state index is 12.2. The Morgan fingerprint density at radius 1 is 1.07 bits per heavy atom. The van der Waals surface area contributed by atoms with E-state index in [1.165, 1.54) is 18.4 Å². The maximum Gasteiger partial charge on any atom is 0.338 e. The molecule has 9 nitrogen and oxygen atoms in total. The fourth-order valence-electron chi connectivity index (χ4n) is 2.24. The minimum Gasteiger partial charge on any atom is -0.490 e. The average molecular weight is 404 g/mol. The molecule has 0 aliphatic rings. The van der Waals surface area contributed by atoms with Crippen LogP contribution in [0.3, 0.4) is 0 Å². The Kier molecular flexibility index (Phi) is 8.55. The summed E-state index contributed by atoms with van der Waals surface area (Å²) in [6.07, 6.45) is 2.30. The molecule has 29 heavy (non-hydrogen) atoms. The molecule has 2 aromatic rings. The summed E-state index contributed by atoms with van der Waals surface area (Å²) in [7, 11) is 0. The number of ether oxygens (including phenoxy) is 3. The van der Waals surface area contributed by atoms with Crippen molar-refractivity contribution < 1.29 is 33.0 Å². The van der Waals surface area contributed by atoms with Crippen LogP contribution in [0.25, 0.3) is 0 Å². The van der Waals surface area contributed by atoms with Crippen LogP contribution < -0.4 is 20.1 Å². The molecular weight excluding hydrogens is 380 g/mol. The molecule has 0 atom stereocenters. The Morgan fingerprint density at radius 2 is 1.90 bits per heavy atom. The topological polar surface area (TPSA) is 116 Å². The van der Waals surface area contributed by atoms with Crippen LogP contribution in [0.1, 0.15) is 36.4 Å². The van der Waals surface area contributed by atoms with Crippen LogP contribution in [0, 0.1) is 0 Å². The summed E-state index contributed by atoms with van der Waals surface area (Å²) in [5.41, 5.74) is 0.201. The zero-order valence-electron chi connectivity index (χ0n) is 16.4. The fraction of sp³-hybridized carbons (Fsp3) is 0.350. The highest BCUT2D eigenvalue weighted by atomic mass is 16.5. The zero-order valence-corrected chi connectivity index (χ0v) is 16.4. The first kappa shape index (κ1) is 21.8. The van der Waals surface area contributed by atoms with E-state index >= 15 is 0 Å². The Bertz CT molecular complexity index is 818. The number of rotatable bonds is 10. The minimum atomic E-state index is -0.761. The lowest BCUT2D eigenvalue weighted by Crippen LogP contribution is -2.41. The van der Waals surface area contributed by atoms with Crippen LogP contribution >= 0.6 is 0 Å². The molecular formula is C20H24N2O7. The third kappa shape index (κ3) is 7.21. The molecule has 0 spiro atoms. The Labute approximate surface area is 168 Å². The number of furan rings is 1. The van der Waals surface area contributed by atoms with E-state index in [1.807, 2.05) is 13.8 Å². The summed E-state index contributed by atoms with van der Waals surface area (Å²) in [4.78, 5) is 35.6. The van der Waals surface area contributed by atoms with E-state index in [4.69, 9.17) is 18.6 Å². The number of hydrogen-bond donors (Lipinski definition) is 2. The molecule has 156 valence electrons. The Morgan fingerprint density at radius 3 is 2.59 bits per heavy atom. The zero-order chi connectivity index (χ0) is 21.1. The van der Waals surface area contributed by atoms with Crippen molar-refractivity contribution >= 4 is 17.9 Å². The third-order valence-corrected chi connectivity index (χ3v) is 3.53. The van der Waals surface area contributed by atoms with Gasteiger partial charge in [-0.15, -0.1) is 0 Å². The predicted molar refractivity (Wildman–Crippen MR) is 103 cm³/mol. The monoisotopic (exact) mass is 404 g/mol. The molecule has 1 aromatic carbocycles. The lowest BCUT2D eigenvalue weighted by molar-refractivity contribution is -0.123. The summed E-state index contributed by atoms with van der Waals surface area (Å²) in [5.74, 6) is -0.00812. The number of carbonyl (C=O) groups excluding carboxylic acids is 3. The van der Waals surface area contributed by atoms with Crippen LogP contribution in [0.15, 0.2) is 41.0 Å². The van der Waals surface area contributed by atoms with Crippen LogP contribution in [0.2, 0.25) is 0 Å². The summed E-state index contributed by atoms with van der Waals surface area (Å²) in [6, 6.07) is 7.25. The van der Waals surface area contributed by atoms with Gasteiger partial charge in [-0.2, -0.15) is 0 Å². The van der Waals surface area contributed by atoms with E-state index in [-0.39, 0.29) is 12.1 Å². The molecule has 0 aliphatic carbocycles. The van der Waals surface area contributed by atoms with E-state index < -0.39 is 24.5 Å². The Balaban J connectivity index is 1.83. The summed E-state index contributed by atoms with van der Waals surface area (Å²) in [6.45, 7) is 4.23. The van der Waals surface area contributed by atoms with Crippen molar-refractivity contribution in [3.63, 3.8) is 0 Å². The summed E-state index contributed by atoms with van der Waals surface area (Å²) < 4.78 is 21.1. The SMILES string of the molecule is CCCOc1ccc(C(=O)OCC(=O)NC(=O)NCc2ccco2)cc1OCC. The van der Waals surface area contributed by atoms with Gasteiger partial charge in [-0.05, 0) is 43.7 Å². The highest BCUT2D eigenvalue weighted by molar-refractivity contribution is 5.97. The van der Waals surface area contributed by atoms with Gasteiger partial charge in [-0.25, -0.2) is 9.59 Å². The molecule has 3 amide bonds. The summed E-state index contributed by atoms with van der Waals surface area (Å²) >= 11 is 0.